The molecule has 1 atom stereocenters. The molecular weight excluding hydrogens is 353 g/mol. The minimum Gasteiger partial charge on any atom is -0.370 e. The molecule has 5 heterocycles. The molecule has 1 aromatic carbocycles. The van der Waals surface area contributed by atoms with E-state index in [0.717, 1.165) is 18.2 Å². The van der Waals surface area contributed by atoms with Gasteiger partial charge in [-0.1, -0.05) is 17.3 Å². The van der Waals surface area contributed by atoms with Crippen LogP contribution in [0, 0.1) is 6.08 Å². The molecule has 0 N–H and O–H groups in total. The van der Waals surface area contributed by atoms with Gasteiger partial charge in [-0.15, -0.1) is 10.2 Å². The van der Waals surface area contributed by atoms with Crippen molar-refractivity contribution in [2.75, 3.05) is 6.61 Å². The molecule has 1 aliphatic rings. The number of imidazole rings is 1. The summed E-state index contributed by atoms with van der Waals surface area (Å²) in [4.78, 5) is 8.24. The van der Waals surface area contributed by atoms with E-state index in [0.29, 0.717) is 35.1 Å². The maximum atomic E-state index is 14.4. The second-order valence-electron chi connectivity index (χ2n) is 6.38. The van der Waals surface area contributed by atoms with Gasteiger partial charge in [0.2, 0.25) is 11.6 Å². The minimum absolute atomic E-state index is 0.171. The van der Waals surface area contributed by atoms with Gasteiger partial charge in [0.05, 0.1) is 11.7 Å². The molecular formula is C17H12FN7O2. The lowest BCUT2D eigenvalue weighted by atomic mass is 10.2. The average Bonchev–Trinajstić information content (AvgIpc) is 3.46. The van der Waals surface area contributed by atoms with Crippen LogP contribution < -0.4 is 0 Å². The molecule has 5 aromatic rings. The fourth-order valence-electron chi connectivity index (χ4n) is 3.61. The Morgan fingerprint density at radius 2 is 2.07 bits per heavy atom. The van der Waals surface area contributed by atoms with Crippen LogP contribution in [0.3, 0.4) is 0 Å². The zero-order valence-corrected chi connectivity index (χ0v) is 13.9. The molecule has 0 aliphatic carbocycles. The van der Waals surface area contributed by atoms with Gasteiger partial charge in [0.25, 0.3) is 12.0 Å². The number of rotatable bonds is 2. The summed E-state index contributed by atoms with van der Waals surface area (Å²) >= 11 is 0. The van der Waals surface area contributed by atoms with E-state index in [-0.39, 0.29) is 12.0 Å². The standard InChI is InChI=1S/C17H12FN7O2/c18-17-19-8-12-24(17)10-5-2-1-4-9(10)14-21-22-15(25(12)14)16-20-13(23-27-16)11-6-3-7-26-11/h1-2,4-5,8,11H,3,6-7H2. The highest BCUT2D eigenvalue weighted by Crippen LogP contribution is 2.30. The van der Waals surface area contributed by atoms with Crippen molar-refractivity contribution in [3.63, 3.8) is 0 Å². The minimum atomic E-state index is -0.617. The number of aromatic nitrogens is 7. The van der Waals surface area contributed by atoms with Gasteiger partial charge in [-0.3, -0.25) is 8.80 Å². The van der Waals surface area contributed by atoms with Crippen molar-refractivity contribution in [2.45, 2.75) is 18.9 Å². The van der Waals surface area contributed by atoms with Crippen LogP contribution >= 0.6 is 0 Å². The van der Waals surface area contributed by atoms with Gasteiger partial charge in [0, 0.05) is 12.0 Å². The highest BCUT2D eigenvalue weighted by molar-refractivity contribution is 5.94. The van der Waals surface area contributed by atoms with E-state index < -0.39 is 6.08 Å². The Labute approximate surface area is 150 Å². The molecule has 0 radical (unpaired) electrons. The zero-order valence-electron chi connectivity index (χ0n) is 13.9. The van der Waals surface area contributed by atoms with Crippen LogP contribution in [0.25, 0.3) is 33.9 Å². The van der Waals surface area contributed by atoms with E-state index in [2.05, 4.69) is 25.3 Å². The number of nitrogens with zero attached hydrogens (tertiary/aromatic N) is 7. The van der Waals surface area contributed by atoms with E-state index in [1.807, 2.05) is 24.3 Å². The highest BCUT2D eigenvalue weighted by atomic mass is 19.1. The first-order valence-electron chi connectivity index (χ1n) is 8.55. The molecule has 1 aliphatic heterocycles. The quantitative estimate of drug-likeness (QED) is 0.474. The second kappa shape index (κ2) is 5.30. The summed E-state index contributed by atoms with van der Waals surface area (Å²) in [5.74, 6) is 1.01. The summed E-state index contributed by atoms with van der Waals surface area (Å²) in [7, 11) is 0. The van der Waals surface area contributed by atoms with Crippen molar-refractivity contribution >= 4 is 22.2 Å². The first-order chi connectivity index (χ1) is 13.3. The largest absolute Gasteiger partial charge is 0.370 e. The average molecular weight is 365 g/mol. The van der Waals surface area contributed by atoms with Crippen LogP contribution in [0.4, 0.5) is 4.39 Å². The van der Waals surface area contributed by atoms with Crippen LogP contribution in [-0.4, -0.2) is 40.7 Å². The third kappa shape index (κ3) is 1.98. The Hall–Kier alpha value is -3.40. The summed E-state index contributed by atoms with van der Waals surface area (Å²) in [5, 5.41) is 13.3. The normalized spacial score (nSPS) is 17.6. The van der Waals surface area contributed by atoms with Gasteiger partial charge in [-0.25, -0.2) is 4.98 Å². The van der Waals surface area contributed by atoms with E-state index in [1.165, 1.54) is 10.6 Å². The molecule has 1 fully saturated rings. The summed E-state index contributed by atoms with van der Waals surface area (Å²) in [5.41, 5.74) is 1.68. The number of hydrogen-bond acceptors (Lipinski definition) is 7. The smallest absolute Gasteiger partial charge is 0.296 e. The zero-order chi connectivity index (χ0) is 18.0. The van der Waals surface area contributed by atoms with Gasteiger partial charge < -0.3 is 9.26 Å². The Kier molecular flexibility index (Phi) is 2.89. The van der Waals surface area contributed by atoms with Crippen LogP contribution in [0.5, 0.6) is 0 Å². The lowest BCUT2D eigenvalue weighted by Gasteiger charge is -2.06. The van der Waals surface area contributed by atoms with Crippen molar-refractivity contribution in [3.05, 3.63) is 42.4 Å². The first kappa shape index (κ1) is 14.7. The van der Waals surface area contributed by atoms with Crippen LogP contribution in [0.2, 0.25) is 0 Å². The maximum Gasteiger partial charge on any atom is 0.296 e. The number of para-hydroxylation sites is 1. The summed E-state index contributed by atoms with van der Waals surface area (Å²) in [6.07, 6.45) is 2.45. The molecule has 27 heavy (non-hydrogen) atoms. The van der Waals surface area contributed by atoms with E-state index in [4.69, 9.17) is 9.26 Å². The molecule has 6 rings (SSSR count). The molecule has 9 nitrogen and oxygen atoms in total. The predicted octanol–water partition coefficient (Wildman–Crippen LogP) is 2.57. The molecule has 0 saturated carbocycles. The van der Waals surface area contributed by atoms with Crippen molar-refractivity contribution in [2.24, 2.45) is 0 Å². The Balaban J connectivity index is 1.65. The molecule has 4 aromatic heterocycles. The van der Waals surface area contributed by atoms with Crippen LogP contribution in [0.1, 0.15) is 24.8 Å². The maximum absolute atomic E-state index is 14.4. The molecule has 10 heteroatoms. The van der Waals surface area contributed by atoms with Gasteiger partial charge in [0.1, 0.15) is 11.8 Å². The molecule has 0 amide bonds. The third-order valence-electron chi connectivity index (χ3n) is 4.83. The Morgan fingerprint density at radius 3 is 2.96 bits per heavy atom. The third-order valence-corrected chi connectivity index (χ3v) is 4.83. The highest BCUT2D eigenvalue weighted by Gasteiger charge is 2.26. The van der Waals surface area contributed by atoms with Gasteiger partial charge in [-0.05, 0) is 25.0 Å². The lowest BCUT2D eigenvalue weighted by molar-refractivity contribution is 0.103. The SMILES string of the molecule is Fc1ncc2n1c1ccccc1c1nnc(-c3nc(C4CCCO4)no3)n12. The molecule has 0 spiro atoms. The van der Waals surface area contributed by atoms with Crippen molar-refractivity contribution < 1.29 is 13.7 Å². The number of hydrogen-bond donors (Lipinski definition) is 0. The summed E-state index contributed by atoms with van der Waals surface area (Å²) < 4.78 is 28.5. The number of halogens is 1. The fourth-order valence-corrected chi connectivity index (χ4v) is 3.61. The van der Waals surface area contributed by atoms with E-state index >= 15 is 0 Å². The number of ether oxygens (including phenoxy) is 1. The van der Waals surface area contributed by atoms with Crippen molar-refractivity contribution in [1.82, 2.24) is 34.1 Å². The Morgan fingerprint density at radius 1 is 1.15 bits per heavy atom. The topological polar surface area (TPSA) is 95.6 Å². The molecule has 1 saturated heterocycles. The summed E-state index contributed by atoms with van der Waals surface area (Å²) in [6.45, 7) is 0.685. The molecule has 1 unspecified atom stereocenters. The number of fused-ring (bicyclic) bond motifs is 6. The summed E-state index contributed by atoms with van der Waals surface area (Å²) in [6, 6.07) is 7.36. The first-order valence-corrected chi connectivity index (χ1v) is 8.55. The van der Waals surface area contributed by atoms with Gasteiger partial charge in [-0.2, -0.15) is 9.37 Å². The van der Waals surface area contributed by atoms with E-state index in [9.17, 15) is 4.39 Å². The Bertz CT molecular complexity index is 1320. The fraction of sp³-hybridized carbons (Fsp3) is 0.235. The van der Waals surface area contributed by atoms with Gasteiger partial charge >= 0.3 is 0 Å². The molecule has 134 valence electrons. The second-order valence-corrected chi connectivity index (χ2v) is 6.38. The van der Waals surface area contributed by atoms with Crippen LogP contribution in [0.15, 0.2) is 35.0 Å². The van der Waals surface area contributed by atoms with E-state index in [1.54, 1.807) is 4.40 Å². The van der Waals surface area contributed by atoms with Crippen molar-refractivity contribution in [3.8, 4) is 11.7 Å². The molecule has 0 bridgehead atoms. The van der Waals surface area contributed by atoms with Crippen molar-refractivity contribution in [1.29, 1.82) is 0 Å². The monoisotopic (exact) mass is 365 g/mol. The lowest BCUT2D eigenvalue weighted by Crippen LogP contribution is -2.01. The van der Waals surface area contributed by atoms with Gasteiger partial charge in [0.15, 0.2) is 5.65 Å². The number of benzene rings is 1. The van der Waals surface area contributed by atoms with Crippen LogP contribution in [-0.2, 0) is 4.74 Å². The predicted molar refractivity (Wildman–Crippen MR) is 90.4 cm³/mol.